The van der Waals surface area contributed by atoms with Crippen molar-refractivity contribution in [3.05, 3.63) is 97.7 Å². The topological polar surface area (TPSA) is 23.6 Å². The highest BCUT2D eigenvalue weighted by Crippen LogP contribution is 2.37. The van der Waals surface area contributed by atoms with Gasteiger partial charge in [0.2, 0.25) is 5.91 Å². The van der Waals surface area contributed by atoms with Crippen LogP contribution in [0.5, 0.6) is 0 Å². The highest BCUT2D eigenvalue weighted by molar-refractivity contribution is 6.36. The lowest BCUT2D eigenvalue weighted by atomic mass is 10.0. The van der Waals surface area contributed by atoms with Crippen molar-refractivity contribution in [1.82, 2.24) is 4.90 Å². The first kappa shape index (κ1) is 23.2. The van der Waals surface area contributed by atoms with Crippen molar-refractivity contribution in [3.8, 4) is 0 Å². The zero-order valence-corrected chi connectivity index (χ0v) is 19.9. The zero-order valence-electron chi connectivity index (χ0n) is 16.9. The molecule has 1 amide bonds. The lowest BCUT2D eigenvalue weighted by molar-refractivity contribution is -0.131. The largest absolute Gasteiger partial charge is 0.360 e. The molecule has 166 valence electrons. The van der Waals surface area contributed by atoms with E-state index >= 15 is 0 Å². The first-order valence-corrected chi connectivity index (χ1v) is 11.5. The molecule has 1 atom stereocenters. The molecule has 3 aromatic carbocycles. The highest BCUT2D eigenvalue weighted by atomic mass is 35.5. The molecule has 1 aliphatic rings. The smallest absolute Gasteiger partial charge is 0.227 e. The van der Waals surface area contributed by atoms with E-state index in [0.29, 0.717) is 40.3 Å². The molecular formula is C24H19Cl4FN2O. The highest BCUT2D eigenvalue weighted by Gasteiger charge is 2.32. The Morgan fingerprint density at radius 1 is 0.875 bits per heavy atom. The molecule has 0 saturated carbocycles. The minimum atomic E-state index is -0.428. The Morgan fingerprint density at radius 3 is 2.28 bits per heavy atom. The fourth-order valence-electron chi connectivity index (χ4n) is 3.92. The molecule has 1 saturated heterocycles. The summed E-state index contributed by atoms with van der Waals surface area (Å²) in [5, 5.41) is 2.00. The molecule has 1 aliphatic heterocycles. The van der Waals surface area contributed by atoms with Crippen molar-refractivity contribution in [2.75, 3.05) is 24.5 Å². The van der Waals surface area contributed by atoms with Gasteiger partial charge >= 0.3 is 0 Å². The molecule has 3 nitrogen and oxygen atoms in total. The Morgan fingerprint density at radius 2 is 1.59 bits per heavy atom. The summed E-state index contributed by atoms with van der Waals surface area (Å²) in [5.41, 5.74) is 2.46. The van der Waals surface area contributed by atoms with Gasteiger partial charge < -0.3 is 9.80 Å². The van der Waals surface area contributed by atoms with Gasteiger partial charge in [-0.1, -0.05) is 64.6 Å². The number of carbonyl (C=O) groups is 1. The van der Waals surface area contributed by atoms with Gasteiger partial charge in [-0.3, -0.25) is 4.79 Å². The van der Waals surface area contributed by atoms with Gasteiger partial charge in [-0.15, -0.1) is 0 Å². The van der Waals surface area contributed by atoms with Gasteiger partial charge in [-0.2, -0.15) is 0 Å². The maximum atomic E-state index is 13.4. The summed E-state index contributed by atoms with van der Waals surface area (Å²) in [7, 11) is 0. The number of piperazine rings is 1. The normalized spacial score (nSPS) is 16.3. The summed E-state index contributed by atoms with van der Waals surface area (Å²) in [6.45, 7) is 1.55. The van der Waals surface area contributed by atoms with Crippen LogP contribution in [0.25, 0.3) is 0 Å². The lowest BCUT2D eigenvalue weighted by Gasteiger charge is -2.43. The summed E-state index contributed by atoms with van der Waals surface area (Å²) < 4.78 is 13.4. The third-order valence-corrected chi connectivity index (χ3v) is 6.71. The first-order valence-electron chi connectivity index (χ1n) is 10.0. The standard InChI is InChI=1S/C24H19Cl4FN2O/c25-17-4-1-15(2-5-17)23-14-30(24(32)11-16-3-7-19(29)13-20(16)27)9-10-31(23)22-8-6-18(26)12-21(22)28/h1-8,12-13,23H,9-11,14H2. The van der Waals surface area contributed by atoms with Gasteiger partial charge in [0.25, 0.3) is 0 Å². The molecule has 0 radical (unpaired) electrons. The van der Waals surface area contributed by atoms with Gasteiger partial charge in [0.15, 0.2) is 0 Å². The van der Waals surface area contributed by atoms with E-state index in [2.05, 4.69) is 4.90 Å². The number of hydrogen-bond acceptors (Lipinski definition) is 2. The third-order valence-electron chi connectivity index (χ3n) is 5.56. The third kappa shape index (κ3) is 5.15. The number of rotatable bonds is 4. The SMILES string of the molecule is O=C(Cc1ccc(F)cc1Cl)N1CCN(c2ccc(Cl)cc2Cl)C(c2ccc(Cl)cc2)C1. The molecule has 32 heavy (non-hydrogen) atoms. The van der Waals surface area contributed by atoms with Gasteiger partial charge in [-0.05, 0) is 53.6 Å². The van der Waals surface area contributed by atoms with Crippen LogP contribution in [-0.2, 0) is 11.2 Å². The van der Waals surface area contributed by atoms with Gasteiger partial charge in [0.05, 0.1) is 23.2 Å². The molecule has 0 N–H and O–H groups in total. The summed E-state index contributed by atoms with van der Waals surface area (Å²) in [6, 6.07) is 16.9. The average molecular weight is 512 g/mol. The molecule has 4 rings (SSSR count). The number of hydrogen-bond donors (Lipinski definition) is 0. The van der Waals surface area contributed by atoms with Gasteiger partial charge in [0.1, 0.15) is 5.82 Å². The van der Waals surface area contributed by atoms with Crippen LogP contribution in [-0.4, -0.2) is 30.4 Å². The molecule has 1 unspecified atom stereocenters. The molecule has 0 aliphatic carbocycles. The second-order valence-corrected chi connectivity index (χ2v) is 9.30. The molecule has 1 heterocycles. The van der Waals surface area contributed by atoms with Crippen molar-refractivity contribution in [2.45, 2.75) is 12.5 Å². The fourth-order valence-corrected chi connectivity index (χ4v) is 4.80. The molecule has 8 heteroatoms. The van der Waals surface area contributed by atoms with Crippen LogP contribution in [0.15, 0.2) is 60.7 Å². The Labute approximate surface area is 206 Å². The molecule has 1 fully saturated rings. The van der Waals surface area contributed by atoms with Gasteiger partial charge in [0, 0.05) is 34.7 Å². The first-order chi connectivity index (χ1) is 15.3. The van der Waals surface area contributed by atoms with E-state index in [0.717, 1.165) is 11.3 Å². The van der Waals surface area contributed by atoms with Crippen LogP contribution in [0.4, 0.5) is 10.1 Å². The van der Waals surface area contributed by atoms with Crippen LogP contribution in [0.2, 0.25) is 20.1 Å². The minimum Gasteiger partial charge on any atom is -0.360 e. The van der Waals surface area contributed by atoms with E-state index in [1.165, 1.54) is 12.1 Å². The van der Waals surface area contributed by atoms with Crippen molar-refractivity contribution < 1.29 is 9.18 Å². The summed E-state index contributed by atoms with van der Waals surface area (Å²) >= 11 is 24.8. The number of carbonyl (C=O) groups excluding carboxylic acids is 1. The number of nitrogens with zero attached hydrogens (tertiary/aromatic N) is 2. The van der Waals surface area contributed by atoms with E-state index in [1.54, 1.807) is 23.1 Å². The van der Waals surface area contributed by atoms with E-state index in [-0.39, 0.29) is 23.4 Å². The van der Waals surface area contributed by atoms with Crippen molar-refractivity contribution in [3.63, 3.8) is 0 Å². The minimum absolute atomic E-state index is 0.0701. The Hall–Kier alpha value is -1.98. The van der Waals surface area contributed by atoms with E-state index in [1.807, 2.05) is 30.3 Å². The second-order valence-electron chi connectivity index (χ2n) is 7.61. The molecule has 3 aromatic rings. The molecule has 0 aromatic heterocycles. The Bertz CT molecular complexity index is 1140. The quantitative estimate of drug-likeness (QED) is 0.374. The average Bonchev–Trinajstić information content (AvgIpc) is 2.76. The van der Waals surface area contributed by atoms with Crippen LogP contribution in [0.1, 0.15) is 17.2 Å². The predicted octanol–water partition coefficient (Wildman–Crippen LogP) is 7.07. The van der Waals surface area contributed by atoms with Crippen molar-refractivity contribution in [1.29, 1.82) is 0 Å². The van der Waals surface area contributed by atoms with Crippen molar-refractivity contribution in [2.24, 2.45) is 0 Å². The molecule has 0 bridgehead atoms. The Balaban J connectivity index is 1.60. The summed E-state index contributed by atoms with van der Waals surface area (Å²) in [6.07, 6.45) is 0.105. The summed E-state index contributed by atoms with van der Waals surface area (Å²) in [4.78, 5) is 17.1. The maximum Gasteiger partial charge on any atom is 0.227 e. The molecule has 0 spiro atoms. The van der Waals surface area contributed by atoms with Crippen LogP contribution < -0.4 is 4.90 Å². The number of halogens is 5. The number of amides is 1. The number of benzene rings is 3. The van der Waals surface area contributed by atoms with Crippen molar-refractivity contribution >= 4 is 58.0 Å². The van der Waals surface area contributed by atoms with E-state index < -0.39 is 5.82 Å². The second kappa shape index (κ2) is 9.88. The van der Waals surface area contributed by atoms with Crippen LogP contribution >= 0.6 is 46.4 Å². The van der Waals surface area contributed by atoms with E-state index in [4.69, 9.17) is 46.4 Å². The number of anilines is 1. The lowest BCUT2D eigenvalue weighted by Crippen LogP contribution is -2.51. The van der Waals surface area contributed by atoms with Gasteiger partial charge in [-0.25, -0.2) is 4.39 Å². The van der Waals surface area contributed by atoms with Crippen LogP contribution in [0, 0.1) is 5.82 Å². The van der Waals surface area contributed by atoms with E-state index in [9.17, 15) is 9.18 Å². The van der Waals surface area contributed by atoms with Crippen LogP contribution in [0.3, 0.4) is 0 Å². The Kier molecular flexibility index (Phi) is 7.16. The fraction of sp³-hybridized carbons (Fsp3) is 0.208. The zero-order chi connectivity index (χ0) is 22.8. The predicted molar refractivity (Wildman–Crippen MR) is 130 cm³/mol. The monoisotopic (exact) mass is 510 g/mol. The summed E-state index contributed by atoms with van der Waals surface area (Å²) in [5.74, 6) is -0.498. The maximum absolute atomic E-state index is 13.4. The molecular weight excluding hydrogens is 493 g/mol.